The highest BCUT2D eigenvalue weighted by molar-refractivity contribution is 6.30. The van der Waals surface area contributed by atoms with Crippen molar-refractivity contribution in [3.8, 4) is 11.3 Å². The van der Waals surface area contributed by atoms with E-state index in [1.165, 1.54) is 5.56 Å². The normalized spacial score (nSPS) is 11.1. The molecule has 0 saturated carbocycles. The predicted octanol–water partition coefficient (Wildman–Crippen LogP) is 3.60. The average molecular weight is 258 g/mol. The number of hydrogen-bond acceptors (Lipinski definition) is 2. The van der Waals surface area contributed by atoms with Gasteiger partial charge in [0.1, 0.15) is 16.4 Å². The molecule has 0 atom stereocenters. The highest BCUT2D eigenvalue weighted by atomic mass is 35.5. The molecule has 0 fully saturated rings. The van der Waals surface area contributed by atoms with Gasteiger partial charge in [-0.15, -0.1) is 0 Å². The van der Waals surface area contributed by atoms with E-state index in [4.69, 9.17) is 11.6 Å². The number of rotatable bonds is 1. The van der Waals surface area contributed by atoms with Crippen LogP contribution in [0.3, 0.4) is 0 Å². The first-order valence-corrected chi connectivity index (χ1v) is 6.08. The fourth-order valence-corrected chi connectivity index (χ4v) is 2.31. The lowest BCUT2D eigenvalue weighted by Crippen LogP contribution is -1.91. The summed E-state index contributed by atoms with van der Waals surface area (Å²) in [6.45, 7) is 2.06. The summed E-state index contributed by atoms with van der Waals surface area (Å²) in [4.78, 5) is 8.85. The van der Waals surface area contributed by atoms with Crippen LogP contribution in [0.2, 0.25) is 5.15 Å². The molecule has 3 nitrogen and oxygen atoms in total. The Morgan fingerprint density at radius 3 is 2.78 bits per heavy atom. The molecule has 0 aliphatic carbocycles. The first-order valence-electron chi connectivity index (χ1n) is 5.70. The molecule has 0 unspecified atom stereocenters. The third-order valence-corrected chi connectivity index (χ3v) is 3.28. The van der Waals surface area contributed by atoms with Crippen molar-refractivity contribution < 1.29 is 0 Å². The molecule has 0 bridgehead atoms. The van der Waals surface area contributed by atoms with Gasteiger partial charge in [-0.1, -0.05) is 35.9 Å². The van der Waals surface area contributed by atoms with Crippen LogP contribution in [0, 0.1) is 6.92 Å². The number of aryl methyl sites for hydroxylation is 2. The molecule has 0 aliphatic heterocycles. The smallest absolute Gasteiger partial charge is 0.132 e. The van der Waals surface area contributed by atoms with Gasteiger partial charge in [0.2, 0.25) is 0 Å². The summed E-state index contributed by atoms with van der Waals surface area (Å²) in [5, 5.41) is 0.490. The van der Waals surface area contributed by atoms with Crippen molar-refractivity contribution in [1.82, 2.24) is 14.5 Å². The van der Waals surface area contributed by atoms with E-state index in [0.717, 1.165) is 22.3 Å². The van der Waals surface area contributed by atoms with Crippen LogP contribution in [-0.4, -0.2) is 14.5 Å². The molecule has 1 aromatic carbocycles. The van der Waals surface area contributed by atoms with E-state index in [1.54, 1.807) is 6.33 Å². The summed E-state index contributed by atoms with van der Waals surface area (Å²) in [5.74, 6) is 0. The van der Waals surface area contributed by atoms with Crippen LogP contribution in [0.5, 0.6) is 0 Å². The van der Waals surface area contributed by atoms with E-state index in [2.05, 4.69) is 23.0 Å². The molecule has 3 rings (SSSR count). The number of pyridine rings is 1. The molecular weight excluding hydrogens is 246 g/mol. The Morgan fingerprint density at radius 2 is 2.00 bits per heavy atom. The van der Waals surface area contributed by atoms with Gasteiger partial charge in [-0.2, -0.15) is 0 Å². The lowest BCUT2D eigenvalue weighted by Gasteiger charge is -2.06. The molecule has 2 aromatic heterocycles. The number of halogens is 1. The lowest BCUT2D eigenvalue weighted by molar-refractivity contribution is 0.947. The topological polar surface area (TPSA) is 30.7 Å². The van der Waals surface area contributed by atoms with E-state index in [0.29, 0.717) is 5.15 Å². The van der Waals surface area contributed by atoms with Crippen molar-refractivity contribution in [1.29, 1.82) is 0 Å². The molecule has 0 N–H and O–H groups in total. The van der Waals surface area contributed by atoms with Gasteiger partial charge >= 0.3 is 0 Å². The summed E-state index contributed by atoms with van der Waals surface area (Å²) in [7, 11) is 1.95. The monoisotopic (exact) mass is 257 g/mol. The van der Waals surface area contributed by atoms with Crippen molar-refractivity contribution >= 4 is 22.6 Å². The standard InChI is InChI=1S/C14H12ClN3/c1-9-5-3-4-6-10(9)13-14-11(7-12(15)17-13)18(2)8-16-14/h3-8H,1-2H3. The minimum Gasteiger partial charge on any atom is -0.334 e. The molecule has 0 aliphatic rings. The first kappa shape index (κ1) is 11.2. The van der Waals surface area contributed by atoms with Gasteiger partial charge in [-0.05, 0) is 12.5 Å². The number of imidazole rings is 1. The summed E-state index contributed by atoms with van der Waals surface area (Å²) < 4.78 is 1.95. The number of benzene rings is 1. The number of nitrogens with zero attached hydrogens (tertiary/aromatic N) is 3. The molecule has 18 heavy (non-hydrogen) atoms. The predicted molar refractivity (Wildman–Crippen MR) is 73.7 cm³/mol. The zero-order chi connectivity index (χ0) is 12.7. The summed E-state index contributed by atoms with van der Waals surface area (Å²) >= 11 is 6.10. The van der Waals surface area contributed by atoms with E-state index in [9.17, 15) is 0 Å². The van der Waals surface area contributed by atoms with Crippen LogP contribution in [0.4, 0.5) is 0 Å². The average Bonchev–Trinajstić information content (AvgIpc) is 2.71. The quantitative estimate of drug-likeness (QED) is 0.624. The number of aromatic nitrogens is 3. The lowest BCUT2D eigenvalue weighted by atomic mass is 10.0. The summed E-state index contributed by atoms with van der Waals surface area (Å²) in [5.41, 5.74) is 4.96. The molecule has 4 heteroatoms. The zero-order valence-corrected chi connectivity index (χ0v) is 10.9. The third-order valence-electron chi connectivity index (χ3n) is 3.08. The SMILES string of the molecule is Cc1ccccc1-c1nc(Cl)cc2c1ncn2C. The Kier molecular flexibility index (Phi) is 2.56. The van der Waals surface area contributed by atoms with E-state index >= 15 is 0 Å². The molecule has 90 valence electrons. The van der Waals surface area contributed by atoms with Crippen LogP contribution in [0.1, 0.15) is 5.56 Å². The molecule has 0 radical (unpaired) electrons. The molecule has 0 saturated heterocycles. The van der Waals surface area contributed by atoms with Crippen LogP contribution >= 0.6 is 11.6 Å². The van der Waals surface area contributed by atoms with Crippen molar-refractivity contribution in [3.63, 3.8) is 0 Å². The van der Waals surface area contributed by atoms with Crippen molar-refractivity contribution in [3.05, 3.63) is 47.4 Å². The Morgan fingerprint density at radius 1 is 1.22 bits per heavy atom. The van der Waals surface area contributed by atoms with Gasteiger partial charge in [-0.25, -0.2) is 9.97 Å². The maximum Gasteiger partial charge on any atom is 0.132 e. The van der Waals surface area contributed by atoms with Crippen molar-refractivity contribution in [2.24, 2.45) is 7.05 Å². The van der Waals surface area contributed by atoms with Crippen LogP contribution in [0.25, 0.3) is 22.3 Å². The van der Waals surface area contributed by atoms with E-state index < -0.39 is 0 Å². The Hall–Kier alpha value is -1.87. The highest BCUT2D eigenvalue weighted by Crippen LogP contribution is 2.29. The highest BCUT2D eigenvalue weighted by Gasteiger charge is 2.12. The maximum absolute atomic E-state index is 6.10. The van der Waals surface area contributed by atoms with Gasteiger partial charge < -0.3 is 4.57 Å². The van der Waals surface area contributed by atoms with Crippen molar-refractivity contribution in [2.75, 3.05) is 0 Å². The molecule has 3 aromatic rings. The summed E-state index contributed by atoms with van der Waals surface area (Å²) in [6.07, 6.45) is 1.78. The second kappa shape index (κ2) is 4.10. The van der Waals surface area contributed by atoms with Crippen LogP contribution in [-0.2, 0) is 7.05 Å². The van der Waals surface area contributed by atoms with Gasteiger partial charge in [0, 0.05) is 18.7 Å². The fraction of sp³-hybridized carbons (Fsp3) is 0.143. The maximum atomic E-state index is 6.10. The van der Waals surface area contributed by atoms with Gasteiger partial charge in [0.05, 0.1) is 11.8 Å². The zero-order valence-electron chi connectivity index (χ0n) is 10.2. The minimum atomic E-state index is 0.490. The van der Waals surface area contributed by atoms with Gasteiger partial charge in [-0.3, -0.25) is 0 Å². The summed E-state index contributed by atoms with van der Waals surface area (Å²) in [6, 6.07) is 9.96. The number of hydrogen-bond donors (Lipinski definition) is 0. The Balaban J connectivity index is 2.39. The second-order valence-electron chi connectivity index (χ2n) is 4.33. The molecule has 0 amide bonds. The van der Waals surface area contributed by atoms with E-state index in [-0.39, 0.29) is 0 Å². The molecule has 0 spiro atoms. The number of fused-ring (bicyclic) bond motifs is 1. The Labute approximate surface area is 110 Å². The largest absolute Gasteiger partial charge is 0.334 e. The third kappa shape index (κ3) is 1.68. The first-order chi connectivity index (χ1) is 8.66. The van der Waals surface area contributed by atoms with Crippen molar-refractivity contribution in [2.45, 2.75) is 6.92 Å². The van der Waals surface area contributed by atoms with Crippen LogP contribution < -0.4 is 0 Å². The minimum absolute atomic E-state index is 0.490. The fourth-order valence-electron chi connectivity index (χ4n) is 2.12. The van der Waals surface area contributed by atoms with Gasteiger partial charge in [0.15, 0.2) is 0 Å². The van der Waals surface area contributed by atoms with Crippen LogP contribution in [0.15, 0.2) is 36.7 Å². The molecule has 2 heterocycles. The van der Waals surface area contributed by atoms with E-state index in [1.807, 2.05) is 35.9 Å². The molecular formula is C14H12ClN3. The second-order valence-corrected chi connectivity index (χ2v) is 4.72. The Bertz CT molecular complexity index is 731. The van der Waals surface area contributed by atoms with Gasteiger partial charge in [0.25, 0.3) is 0 Å².